The SMILES string of the molecule is CC(C)[C@H]1NC(=O)[C@@H](NC(=O)CCc2nc(-c3ccccc3F)no2)CCCNC(=O)CN(C)C(=O)[C@H](Cc2ccccc2)NC(=O)[C@@H](C)NC1=O. The van der Waals surface area contributed by atoms with E-state index < -0.39 is 71.3 Å². The molecular weight excluding hydrogens is 675 g/mol. The molecule has 52 heavy (non-hydrogen) atoms. The summed E-state index contributed by atoms with van der Waals surface area (Å²) >= 11 is 0. The highest BCUT2D eigenvalue weighted by Crippen LogP contribution is 2.19. The zero-order chi connectivity index (χ0) is 37.8. The number of halogens is 1. The fourth-order valence-corrected chi connectivity index (χ4v) is 5.52. The van der Waals surface area contributed by atoms with Gasteiger partial charge in [-0.05, 0) is 43.4 Å². The standard InChI is InChI=1S/C36H45FN8O7/c1-21(2)31-35(50)39-22(3)33(48)41-27(19-23-11-6-5-7-12-23)36(51)45(4)20-29(47)38-18-10-15-26(34(49)43-31)40-28(46)16-17-30-42-32(44-52-30)24-13-8-9-14-25(24)37/h5-9,11-14,21-22,26-27,31H,10,15-20H2,1-4H3,(H,38,47)(H,39,50)(H,40,46)(H,41,48)(H,43,49)/t22-,26+,27+,31-/m1/s1. The summed E-state index contributed by atoms with van der Waals surface area (Å²) in [6, 6.07) is 10.7. The van der Waals surface area contributed by atoms with E-state index in [1.807, 2.05) is 18.2 Å². The predicted octanol–water partition coefficient (Wildman–Crippen LogP) is 1.03. The molecule has 0 saturated carbocycles. The maximum Gasteiger partial charge on any atom is 0.245 e. The predicted molar refractivity (Wildman–Crippen MR) is 186 cm³/mol. The molecule has 16 heteroatoms. The second-order valence-corrected chi connectivity index (χ2v) is 13.0. The van der Waals surface area contributed by atoms with E-state index in [9.17, 15) is 33.2 Å². The molecule has 0 bridgehead atoms. The molecule has 1 saturated heterocycles. The van der Waals surface area contributed by atoms with E-state index in [4.69, 9.17) is 4.52 Å². The first-order valence-corrected chi connectivity index (χ1v) is 17.2. The van der Waals surface area contributed by atoms with Gasteiger partial charge in [0.05, 0.1) is 12.1 Å². The van der Waals surface area contributed by atoms with E-state index in [0.29, 0.717) is 0 Å². The fourth-order valence-electron chi connectivity index (χ4n) is 5.52. The lowest BCUT2D eigenvalue weighted by Gasteiger charge is -2.28. The molecule has 5 N–H and O–H groups in total. The van der Waals surface area contributed by atoms with E-state index in [2.05, 4.69) is 36.7 Å². The maximum absolute atomic E-state index is 14.1. The van der Waals surface area contributed by atoms with Gasteiger partial charge in [0.25, 0.3) is 0 Å². The number of nitrogens with one attached hydrogen (secondary N) is 5. The Hall–Kier alpha value is -5.67. The summed E-state index contributed by atoms with van der Waals surface area (Å²) in [6.07, 6.45) is 0.368. The lowest BCUT2D eigenvalue weighted by atomic mass is 10.0. The monoisotopic (exact) mass is 720 g/mol. The average Bonchev–Trinajstić information content (AvgIpc) is 3.59. The largest absolute Gasteiger partial charge is 0.355 e. The Bertz CT molecular complexity index is 1730. The number of hydrogen-bond donors (Lipinski definition) is 5. The van der Waals surface area contributed by atoms with Crippen molar-refractivity contribution in [1.82, 2.24) is 41.6 Å². The molecule has 15 nitrogen and oxygen atoms in total. The number of hydrogen-bond acceptors (Lipinski definition) is 9. The highest BCUT2D eigenvalue weighted by atomic mass is 19.1. The Morgan fingerprint density at radius 3 is 2.40 bits per heavy atom. The third-order valence-corrected chi connectivity index (χ3v) is 8.45. The van der Waals surface area contributed by atoms with Crippen molar-refractivity contribution in [2.75, 3.05) is 20.1 Å². The molecule has 1 aromatic heterocycles. The van der Waals surface area contributed by atoms with Gasteiger partial charge in [-0.25, -0.2) is 4.39 Å². The van der Waals surface area contributed by atoms with Crippen molar-refractivity contribution in [3.63, 3.8) is 0 Å². The first-order valence-electron chi connectivity index (χ1n) is 17.2. The van der Waals surface area contributed by atoms with Gasteiger partial charge >= 0.3 is 0 Å². The molecule has 0 aliphatic carbocycles. The van der Waals surface area contributed by atoms with Crippen LogP contribution in [0.5, 0.6) is 0 Å². The molecule has 1 aliphatic heterocycles. The smallest absolute Gasteiger partial charge is 0.245 e. The van der Waals surface area contributed by atoms with Gasteiger partial charge in [-0.15, -0.1) is 0 Å². The molecular formula is C36H45FN8O7. The summed E-state index contributed by atoms with van der Waals surface area (Å²) in [5.41, 5.74) is 0.929. The van der Waals surface area contributed by atoms with Gasteiger partial charge in [0.1, 0.15) is 30.0 Å². The van der Waals surface area contributed by atoms with Crippen LogP contribution < -0.4 is 26.6 Å². The number of likely N-dealkylation sites (N-methyl/N-ethyl adjacent to an activating group) is 1. The van der Waals surface area contributed by atoms with Crippen molar-refractivity contribution in [2.24, 2.45) is 5.92 Å². The van der Waals surface area contributed by atoms with Crippen molar-refractivity contribution in [1.29, 1.82) is 0 Å². The van der Waals surface area contributed by atoms with Crippen LogP contribution in [0.2, 0.25) is 0 Å². The van der Waals surface area contributed by atoms with Crippen LogP contribution in [0.1, 0.15) is 51.5 Å². The molecule has 1 aliphatic rings. The summed E-state index contributed by atoms with van der Waals surface area (Å²) in [7, 11) is 1.45. The zero-order valence-electron chi connectivity index (χ0n) is 29.6. The summed E-state index contributed by atoms with van der Waals surface area (Å²) < 4.78 is 19.3. The first kappa shape index (κ1) is 39.1. The third kappa shape index (κ3) is 11.2. The number of aromatic nitrogens is 2. The highest BCUT2D eigenvalue weighted by molar-refractivity contribution is 5.96. The van der Waals surface area contributed by atoms with E-state index in [1.165, 1.54) is 37.1 Å². The summed E-state index contributed by atoms with van der Waals surface area (Å²) in [6.45, 7) is 4.72. The summed E-state index contributed by atoms with van der Waals surface area (Å²) in [5, 5.41) is 17.2. The Morgan fingerprint density at radius 1 is 0.981 bits per heavy atom. The average molecular weight is 721 g/mol. The second kappa shape index (κ2) is 18.5. The Kier molecular flexibility index (Phi) is 13.9. The Balaban J connectivity index is 1.46. The Labute approximate surface area is 300 Å². The van der Waals surface area contributed by atoms with Crippen molar-refractivity contribution in [3.05, 3.63) is 71.9 Å². The van der Waals surface area contributed by atoms with Crippen molar-refractivity contribution in [2.45, 2.75) is 77.0 Å². The molecule has 0 unspecified atom stereocenters. The van der Waals surface area contributed by atoms with Gasteiger partial charge in [-0.1, -0.05) is 61.5 Å². The van der Waals surface area contributed by atoms with Crippen molar-refractivity contribution in [3.8, 4) is 11.4 Å². The molecule has 4 atom stereocenters. The highest BCUT2D eigenvalue weighted by Gasteiger charge is 2.32. The minimum atomic E-state index is -1.10. The second-order valence-electron chi connectivity index (χ2n) is 13.0. The molecule has 3 aromatic rings. The molecule has 278 valence electrons. The van der Waals surface area contributed by atoms with Gasteiger partial charge in [-0.3, -0.25) is 28.8 Å². The quantitative estimate of drug-likeness (QED) is 0.225. The lowest BCUT2D eigenvalue weighted by molar-refractivity contribution is -0.139. The number of benzene rings is 2. The first-order chi connectivity index (χ1) is 24.8. The fraction of sp³-hybridized carbons (Fsp3) is 0.444. The molecule has 0 spiro atoms. The normalized spacial score (nSPS) is 21.3. The van der Waals surface area contributed by atoms with E-state index in [-0.39, 0.29) is 62.5 Å². The van der Waals surface area contributed by atoms with Crippen LogP contribution in [-0.2, 0) is 41.6 Å². The van der Waals surface area contributed by atoms with E-state index in [0.717, 1.165) is 5.56 Å². The lowest BCUT2D eigenvalue weighted by Crippen LogP contribution is -2.59. The molecule has 6 amide bonds. The van der Waals surface area contributed by atoms with Crippen LogP contribution in [0, 0.1) is 11.7 Å². The minimum Gasteiger partial charge on any atom is -0.355 e. The molecule has 2 heterocycles. The maximum atomic E-state index is 14.1. The van der Waals surface area contributed by atoms with Crippen LogP contribution in [0.25, 0.3) is 11.4 Å². The van der Waals surface area contributed by atoms with Crippen LogP contribution in [0.15, 0.2) is 59.1 Å². The summed E-state index contributed by atoms with van der Waals surface area (Å²) in [5.74, 6) is -4.20. The number of carbonyl (C=O) groups excluding carboxylic acids is 6. The van der Waals surface area contributed by atoms with Crippen LogP contribution in [-0.4, -0.2) is 94.8 Å². The summed E-state index contributed by atoms with van der Waals surface area (Å²) in [4.78, 5) is 85.0. The number of nitrogens with zero attached hydrogens (tertiary/aromatic N) is 3. The van der Waals surface area contributed by atoms with Crippen molar-refractivity contribution < 1.29 is 37.7 Å². The molecule has 0 radical (unpaired) electrons. The van der Waals surface area contributed by atoms with E-state index >= 15 is 0 Å². The van der Waals surface area contributed by atoms with Gasteiger partial charge in [0, 0.05) is 32.9 Å². The number of carbonyl (C=O) groups is 6. The van der Waals surface area contributed by atoms with Gasteiger partial charge in [-0.2, -0.15) is 4.98 Å². The minimum absolute atomic E-state index is 0.00705. The van der Waals surface area contributed by atoms with Gasteiger partial charge in [0.2, 0.25) is 47.2 Å². The third-order valence-electron chi connectivity index (χ3n) is 8.45. The molecule has 2 aromatic carbocycles. The number of aryl methyl sites for hydroxylation is 1. The topological polar surface area (TPSA) is 205 Å². The Morgan fingerprint density at radius 2 is 1.69 bits per heavy atom. The van der Waals surface area contributed by atoms with Crippen molar-refractivity contribution >= 4 is 35.4 Å². The van der Waals surface area contributed by atoms with Crippen LogP contribution >= 0.6 is 0 Å². The van der Waals surface area contributed by atoms with Crippen LogP contribution in [0.4, 0.5) is 4.39 Å². The number of rotatable bonds is 8. The molecule has 1 fully saturated rings. The van der Waals surface area contributed by atoms with Gasteiger partial charge in [0.15, 0.2) is 0 Å². The number of amides is 6. The molecule has 4 rings (SSSR count). The zero-order valence-corrected chi connectivity index (χ0v) is 29.6. The van der Waals surface area contributed by atoms with Gasteiger partial charge < -0.3 is 36.0 Å². The van der Waals surface area contributed by atoms with E-state index in [1.54, 1.807) is 32.0 Å². The van der Waals surface area contributed by atoms with Crippen LogP contribution in [0.3, 0.4) is 0 Å².